The van der Waals surface area contributed by atoms with Crippen molar-refractivity contribution in [1.29, 1.82) is 0 Å². The lowest BCUT2D eigenvalue weighted by atomic mass is 10.0. The van der Waals surface area contributed by atoms with E-state index < -0.39 is 5.97 Å². The van der Waals surface area contributed by atoms with Gasteiger partial charge < -0.3 is 14.6 Å². The number of hydrogen-bond donors (Lipinski definition) is 1. The molecule has 0 amide bonds. The van der Waals surface area contributed by atoms with Crippen molar-refractivity contribution in [2.75, 3.05) is 24.5 Å². The van der Waals surface area contributed by atoms with Crippen LogP contribution in [0.1, 0.15) is 32.6 Å². The summed E-state index contributed by atoms with van der Waals surface area (Å²) in [5, 5.41) is 9.32. The van der Waals surface area contributed by atoms with Gasteiger partial charge in [0.05, 0.1) is 0 Å². The third kappa shape index (κ3) is 2.77. The monoisotopic (exact) mass is 292 g/mol. The highest BCUT2D eigenvalue weighted by Crippen LogP contribution is 2.27. The molecule has 3 rings (SSSR count). The van der Waals surface area contributed by atoms with Crippen molar-refractivity contribution in [3.8, 4) is 0 Å². The second-order valence-electron chi connectivity index (χ2n) is 5.97. The van der Waals surface area contributed by atoms with Crippen LogP contribution < -0.4 is 4.90 Å². The molecular weight excluding hydrogens is 268 g/mol. The predicted octanol–water partition coefficient (Wildman–Crippen LogP) is 1.42. The van der Waals surface area contributed by atoms with Gasteiger partial charge in [-0.25, -0.2) is 4.98 Å². The largest absolute Gasteiger partial charge is 0.480 e. The number of carboxylic acid groups (broad SMARTS) is 1. The maximum Gasteiger partial charge on any atom is 0.320 e. The van der Waals surface area contributed by atoms with E-state index in [-0.39, 0.29) is 6.04 Å². The van der Waals surface area contributed by atoms with Crippen LogP contribution in [0, 0.1) is 0 Å². The first kappa shape index (κ1) is 14.4. The molecule has 6 nitrogen and oxygen atoms in total. The number of nitrogens with zero attached hydrogens (tertiary/aromatic N) is 4. The van der Waals surface area contributed by atoms with Gasteiger partial charge in [-0.15, -0.1) is 0 Å². The fourth-order valence-electron chi connectivity index (χ4n) is 3.72. The van der Waals surface area contributed by atoms with Gasteiger partial charge >= 0.3 is 5.97 Å². The number of hydrogen-bond acceptors (Lipinski definition) is 4. The van der Waals surface area contributed by atoms with Crippen molar-refractivity contribution in [3.05, 3.63) is 12.4 Å². The third-order valence-corrected chi connectivity index (χ3v) is 4.83. The Morgan fingerprint density at radius 2 is 2.10 bits per heavy atom. The van der Waals surface area contributed by atoms with E-state index in [0.717, 1.165) is 57.8 Å². The van der Waals surface area contributed by atoms with Crippen LogP contribution in [0.15, 0.2) is 12.4 Å². The molecule has 1 unspecified atom stereocenters. The summed E-state index contributed by atoms with van der Waals surface area (Å²) in [5.41, 5.74) is 0. The highest BCUT2D eigenvalue weighted by Gasteiger charge is 2.36. The number of imidazole rings is 1. The molecule has 2 fully saturated rings. The Hall–Kier alpha value is -1.56. The van der Waals surface area contributed by atoms with Gasteiger partial charge in [0.1, 0.15) is 6.04 Å². The number of carbonyl (C=O) groups is 1. The van der Waals surface area contributed by atoms with Crippen LogP contribution in [-0.4, -0.2) is 57.2 Å². The van der Waals surface area contributed by atoms with E-state index in [4.69, 9.17) is 0 Å². The lowest BCUT2D eigenvalue weighted by Gasteiger charge is -2.38. The van der Waals surface area contributed by atoms with Crippen LogP contribution in [0.4, 0.5) is 5.95 Å². The molecule has 21 heavy (non-hydrogen) atoms. The standard InChI is InChI=1S/C15H24N4O2/c1-2-17-11-7-16-15(17)18-9-5-12(6-10-18)19-8-3-4-13(19)14(20)21/h7,11-13H,2-6,8-10H2,1H3,(H,20,21). The number of anilines is 1. The normalized spacial score (nSPS) is 24.6. The van der Waals surface area contributed by atoms with Gasteiger partial charge in [-0.05, 0) is 39.2 Å². The van der Waals surface area contributed by atoms with Gasteiger partial charge in [0.15, 0.2) is 0 Å². The van der Waals surface area contributed by atoms with Crippen molar-refractivity contribution >= 4 is 11.9 Å². The Kier molecular flexibility index (Phi) is 4.14. The molecule has 1 atom stereocenters. The molecule has 3 heterocycles. The molecule has 1 N–H and O–H groups in total. The Balaban J connectivity index is 1.61. The predicted molar refractivity (Wildman–Crippen MR) is 80.5 cm³/mol. The molecular formula is C15H24N4O2. The van der Waals surface area contributed by atoms with Crippen molar-refractivity contribution < 1.29 is 9.90 Å². The van der Waals surface area contributed by atoms with Crippen LogP contribution in [0.2, 0.25) is 0 Å². The van der Waals surface area contributed by atoms with Crippen LogP contribution in [0.5, 0.6) is 0 Å². The van der Waals surface area contributed by atoms with Gasteiger partial charge in [0.2, 0.25) is 5.95 Å². The molecule has 2 aliphatic heterocycles. The van der Waals surface area contributed by atoms with E-state index in [1.54, 1.807) is 0 Å². The average Bonchev–Trinajstić information content (AvgIpc) is 3.16. The number of piperidine rings is 1. The number of rotatable bonds is 4. The molecule has 2 saturated heterocycles. The summed E-state index contributed by atoms with van der Waals surface area (Å²) >= 11 is 0. The molecule has 0 bridgehead atoms. The van der Waals surface area contributed by atoms with Crippen LogP contribution >= 0.6 is 0 Å². The van der Waals surface area contributed by atoms with Crippen molar-refractivity contribution in [2.45, 2.75) is 51.2 Å². The topological polar surface area (TPSA) is 61.6 Å². The van der Waals surface area contributed by atoms with E-state index in [0.29, 0.717) is 6.04 Å². The van der Waals surface area contributed by atoms with Crippen LogP contribution in [0.3, 0.4) is 0 Å². The molecule has 0 radical (unpaired) electrons. The summed E-state index contributed by atoms with van der Waals surface area (Å²) in [5.74, 6) is 0.392. The Morgan fingerprint density at radius 3 is 2.76 bits per heavy atom. The van der Waals surface area contributed by atoms with Crippen LogP contribution in [0.25, 0.3) is 0 Å². The quantitative estimate of drug-likeness (QED) is 0.909. The Morgan fingerprint density at radius 1 is 1.33 bits per heavy atom. The van der Waals surface area contributed by atoms with Gasteiger partial charge in [0, 0.05) is 38.1 Å². The molecule has 0 aliphatic carbocycles. The van der Waals surface area contributed by atoms with E-state index in [2.05, 4.69) is 26.3 Å². The lowest BCUT2D eigenvalue weighted by molar-refractivity contribution is -0.143. The van der Waals surface area contributed by atoms with Crippen molar-refractivity contribution in [2.24, 2.45) is 0 Å². The summed E-state index contributed by atoms with van der Waals surface area (Å²) < 4.78 is 2.16. The highest BCUT2D eigenvalue weighted by molar-refractivity contribution is 5.73. The molecule has 2 aliphatic rings. The first-order valence-electron chi connectivity index (χ1n) is 7.95. The summed E-state index contributed by atoms with van der Waals surface area (Å²) in [6.07, 6.45) is 7.74. The second-order valence-corrected chi connectivity index (χ2v) is 5.97. The zero-order valence-electron chi connectivity index (χ0n) is 12.6. The van der Waals surface area contributed by atoms with Gasteiger partial charge in [-0.1, -0.05) is 0 Å². The number of aryl methyl sites for hydroxylation is 1. The number of aliphatic carboxylic acids is 1. The summed E-state index contributed by atoms with van der Waals surface area (Å²) in [6, 6.07) is 0.147. The SMILES string of the molecule is CCn1ccnc1N1CCC(N2CCCC2C(=O)O)CC1. The van der Waals surface area contributed by atoms with Gasteiger partial charge in [0.25, 0.3) is 0 Å². The van der Waals surface area contributed by atoms with E-state index in [1.165, 1.54) is 0 Å². The first-order valence-corrected chi connectivity index (χ1v) is 7.95. The van der Waals surface area contributed by atoms with Crippen molar-refractivity contribution in [1.82, 2.24) is 14.5 Å². The average molecular weight is 292 g/mol. The van der Waals surface area contributed by atoms with Crippen LogP contribution in [-0.2, 0) is 11.3 Å². The molecule has 1 aromatic rings. The minimum atomic E-state index is -0.656. The minimum Gasteiger partial charge on any atom is -0.480 e. The lowest BCUT2D eigenvalue weighted by Crippen LogP contribution is -2.49. The molecule has 6 heteroatoms. The smallest absolute Gasteiger partial charge is 0.320 e. The number of carboxylic acids is 1. The molecule has 116 valence electrons. The molecule has 1 aromatic heterocycles. The van der Waals surface area contributed by atoms with E-state index >= 15 is 0 Å². The highest BCUT2D eigenvalue weighted by atomic mass is 16.4. The third-order valence-electron chi connectivity index (χ3n) is 4.83. The second kappa shape index (κ2) is 6.05. The van der Waals surface area contributed by atoms with Gasteiger partial charge in [-0.2, -0.15) is 0 Å². The summed E-state index contributed by atoms with van der Waals surface area (Å²) in [4.78, 5) is 20.3. The maximum absolute atomic E-state index is 11.3. The maximum atomic E-state index is 11.3. The Labute approximate surface area is 125 Å². The first-order chi connectivity index (χ1) is 10.2. The Bertz CT molecular complexity index is 494. The summed E-state index contributed by atoms with van der Waals surface area (Å²) in [6.45, 7) is 5.92. The fraction of sp³-hybridized carbons (Fsp3) is 0.733. The zero-order valence-corrected chi connectivity index (χ0v) is 12.6. The minimum absolute atomic E-state index is 0.265. The molecule has 0 aromatic carbocycles. The zero-order chi connectivity index (χ0) is 14.8. The molecule has 0 spiro atoms. The molecule has 0 saturated carbocycles. The number of likely N-dealkylation sites (tertiary alicyclic amines) is 1. The van der Waals surface area contributed by atoms with Crippen molar-refractivity contribution in [3.63, 3.8) is 0 Å². The number of aromatic nitrogens is 2. The summed E-state index contributed by atoms with van der Waals surface area (Å²) in [7, 11) is 0. The fourth-order valence-corrected chi connectivity index (χ4v) is 3.72. The van der Waals surface area contributed by atoms with E-state index in [9.17, 15) is 9.90 Å². The van der Waals surface area contributed by atoms with Gasteiger partial charge in [-0.3, -0.25) is 9.69 Å². The van der Waals surface area contributed by atoms with E-state index in [1.807, 2.05) is 12.4 Å².